The highest BCUT2D eigenvalue weighted by Gasteiger charge is 2.30. The Kier molecular flexibility index (Phi) is 4.04. The van der Waals surface area contributed by atoms with E-state index < -0.39 is 0 Å². The summed E-state index contributed by atoms with van der Waals surface area (Å²) in [5.41, 5.74) is 1.35. The number of aromatic hydroxyl groups is 1. The van der Waals surface area contributed by atoms with E-state index in [1.165, 1.54) is 31.2 Å². The van der Waals surface area contributed by atoms with E-state index in [1.807, 2.05) is 12.1 Å². The summed E-state index contributed by atoms with van der Waals surface area (Å²) in [6, 6.07) is 7.67. The third kappa shape index (κ3) is 3.10. The molecule has 3 heteroatoms. The number of phenols is 1. The highest BCUT2D eigenvalue weighted by Crippen LogP contribution is 2.38. The van der Waals surface area contributed by atoms with Gasteiger partial charge in [-0.25, -0.2) is 0 Å². The van der Waals surface area contributed by atoms with Crippen molar-refractivity contribution in [2.75, 3.05) is 13.2 Å². The van der Waals surface area contributed by atoms with Crippen LogP contribution in [0.1, 0.15) is 43.6 Å². The normalized spacial score (nSPS) is 29.3. The van der Waals surface area contributed by atoms with E-state index in [4.69, 9.17) is 9.47 Å². The molecule has 0 unspecified atom stereocenters. The Morgan fingerprint density at radius 3 is 2.16 bits per heavy atom. The molecule has 3 rings (SSSR count). The second kappa shape index (κ2) is 5.93. The van der Waals surface area contributed by atoms with Crippen molar-refractivity contribution >= 4 is 0 Å². The summed E-state index contributed by atoms with van der Waals surface area (Å²) in [4.78, 5) is 0. The van der Waals surface area contributed by atoms with Crippen molar-refractivity contribution < 1.29 is 14.6 Å². The number of rotatable bonds is 2. The fraction of sp³-hybridized carbons (Fsp3) is 0.625. The minimum absolute atomic E-state index is 0.0366. The first kappa shape index (κ1) is 12.9. The molecule has 0 amide bonds. The first-order valence-corrected chi connectivity index (χ1v) is 7.35. The van der Waals surface area contributed by atoms with Gasteiger partial charge in [0.2, 0.25) is 0 Å². The Morgan fingerprint density at radius 1 is 0.895 bits per heavy atom. The van der Waals surface area contributed by atoms with Crippen LogP contribution in [0.25, 0.3) is 0 Å². The maximum absolute atomic E-state index is 9.33. The first-order chi connectivity index (χ1) is 9.33. The molecule has 1 heterocycles. The lowest BCUT2D eigenvalue weighted by atomic mass is 9.78. The summed E-state index contributed by atoms with van der Waals surface area (Å²) in [5.74, 6) is 1.54. The molecule has 2 aliphatic rings. The lowest BCUT2D eigenvalue weighted by molar-refractivity contribution is -0.209. The molecular formula is C16H22O3. The SMILES string of the molecule is Oc1ccc(C2CCC(C3OCCCO3)CC2)cc1. The standard InChI is InChI=1S/C16H22O3/c17-15-8-6-13(7-9-15)12-2-4-14(5-3-12)16-18-10-1-11-19-16/h6-9,12,14,16-17H,1-5,10-11H2. The average Bonchev–Trinajstić information content (AvgIpc) is 2.49. The van der Waals surface area contributed by atoms with Crippen molar-refractivity contribution in [2.24, 2.45) is 5.92 Å². The molecule has 1 aliphatic carbocycles. The minimum Gasteiger partial charge on any atom is -0.508 e. The van der Waals surface area contributed by atoms with E-state index in [2.05, 4.69) is 0 Å². The smallest absolute Gasteiger partial charge is 0.160 e. The molecule has 1 aliphatic heterocycles. The molecule has 0 radical (unpaired) electrons. The van der Waals surface area contributed by atoms with Crippen LogP contribution >= 0.6 is 0 Å². The molecule has 1 aromatic carbocycles. The van der Waals surface area contributed by atoms with E-state index in [0.29, 0.717) is 17.6 Å². The summed E-state index contributed by atoms with van der Waals surface area (Å²) in [6.45, 7) is 1.70. The Morgan fingerprint density at radius 2 is 1.53 bits per heavy atom. The highest BCUT2D eigenvalue weighted by molar-refractivity contribution is 5.28. The van der Waals surface area contributed by atoms with Crippen molar-refractivity contribution in [3.8, 4) is 5.75 Å². The molecule has 0 spiro atoms. The minimum atomic E-state index is 0.0366. The van der Waals surface area contributed by atoms with E-state index in [0.717, 1.165) is 19.6 Å². The third-order valence-electron chi connectivity index (χ3n) is 4.37. The van der Waals surface area contributed by atoms with Gasteiger partial charge in [-0.3, -0.25) is 0 Å². The molecule has 0 aromatic heterocycles. The van der Waals surface area contributed by atoms with Crippen LogP contribution in [-0.2, 0) is 9.47 Å². The molecular weight excluding hydrogens is 240 g/mol. The van der Waals surface area contributed by atoms with Crippen LogP contribution < -0.4 is 0 Å². The van der Waals surface area contributed by atoms with E-state index in [9.17, 15) is 5.11 Å². The molecule has 19 heavy (non-hydrogen) atoms. The van der Waals surface area contributed by atoms with Gasteiger partial charge in [0.25, 0.3) is 0 Å². The average molecular weight is 262 g/mol. The van der Waals surface area contributed by atoms with Gasteiger partial charge < -0.3 is 14.6 Å². The zero-order valence-corrected chi connectivity index (χ0v) is 11.3. The van der Waals surface area contributed by atoms with Crippen LogP contribution in [0.3, 0.4) is 0 Å². The maximum atomic E-state index is 9.33. The number of benzene rings is 1. The molecule has 1 saturated heterocycles. The Hall–Kier alpha value is -1.06. The first-order valence-electron chi connectivity index (χ1n) is 7.35. The van der Waals surface area contributed by atoms with Crippen molar-refractivity contribution in [1.29, 1.82) is 0 Å². The fourth-order valence-electron chi connectivity index (χ4n) is 3.25. The predicted octanol–water partition coefficient (Wildman–Crippen LogP) is 3.43. The van der Waals surface area contributed by atoms with Gasteiger partial charge in [0.05, 0.1) is 13.2 Å². The number of ether oxygens (including phenoxy) is 2. The quantitative estimate of drug-likeness (QED) is 0.887. The summed E-state index contributed by atoms with van der Waals surface area (Å²) in [7, 11) is 0. The summed E-state index contributed by atoms with van der Waals surface area (Å²) in [6.07, 6.45) is 5.80. The van der Waals surface area contributed by atoms with Crippen molar-refractivity contribution in [3.05, 3.63) is 29.8 Å². The number of hydrogen-bond donors (Lipinski definition) is 1. The number of phenolic OH excluding ortho intramolecular Hbond substituents is 1. The van der Waals surface area contributed by atoms with E-state index in [-0.39, 0.29) is 6.29 Å². The lowest BCUT2D eigenvalue weighted by Gasteiger charge is -2.35. The van der Waals surface area contributed by atoms with Crippen molar-refractivity contribution in [1.82, 2.24) is 0 Å². The van der Waals surface area contributed by atoms with E-state index >= 15 is 0 Å². The van der Waals surface area contributed by atoms with Gasteiger partial charge in [-0.05, 0) is 55.7 Å². The van der Waals surface area contributed by atoms with Crippen molar-refractivity contribution in [2.45, 2.75) is 44.3 Å². The van der Waals surface area contributed by atoms with E-state index in [1.54, 1.807) is 12.1 Å². The second-order valence-electron chi connectivity index (χ2n) is 5.67. The zero-order valence-electron chi connectivity index (χ0n) is 11.3. The lowest BCUT2D eigenvalue weighted by Crippen LogP contribution is -2.34. The van der Waals surface area contributed by atoms with Gasteiger partial charge in [0.1, 0.15) is 5.75 Å². The molecule has 1 aromatic rings. The van der Waals surface area contributed by atoms with Crippen LogP contribution in [0.15, 0.2) is 24.3 Å². The third-order valence-corrected chi connectivity index (χ3v) is 4.37. The molecule has 104 valence electrons. The topological polar surface area (TPSA) is 38.7 Å². The van der Waals surface area contributed by atoms with Crippen LogP contribution in [0, 0.1) is 5.92 Å². The highest BCUT2D eigenvalue weighted by atomic mass is 16.7. The largest absolute Gasteiger partial charge is 0.508 e. The second-order valence-corrected chi connectivity index (χ2v) is 5.67. The predicted molar refractivity (Wildman–Crippen MR) is 73.1 cm³/mol. The Labute approximate surface area is 114 Å². The van der Waals surface area contributed by atoms with Gasteiger partial charge in [0.15, 0.2) is 6.29 Å². The molecule has 0 bridgehead atoms. The van der Waals surface area contributed by atoms with Crippen LogP contribution in [0.4, 0.5) is 0 Å². The van der Waals surface area contributed by atoms with Crippen LogP contribution in [0.2, 0.25) is 0 Å². The van der Waals surface area contributed by atoms with Gasteiger partial charge in [-0.1, -0.05) is 12.1 Å². The van der Waals surface area contributed by atoms with Crippen molar-refractivity contribution in [3.63, 3.8) is 0 Å². The maximum Gasteiger partial charge on any atom is 0.160 e. The molecule has 0 atom stereocenters. The fourth-order valence-corrected chi connectivity index (χ4v) is 3.25. The van der Waals surface area contributed by atoms with Crippen LogP contribution in [0.5, 0.6) is 5.75 Å². The van der Waals surface area contributed by atoms with Gasteiger partial charge in [-0.15, -0.1) is 0 Å². The van der Waals surface area contributed by atoms with Gasteiger partial charge in [-0.2, -0.15) is 0 Å². The molecule has 2 fully saturated rings. The van der Waals surface area contributed by atoms with Gasteiger partial charge >= 0.3 is 0 Å². The summed E-state index contributed by atoms with van der Waals surface area (Å²) >= 11 is 0. The Balaban J connectivity index is 1.55. The Bertz CT molecular complexity index is 387. The van der Waals surface area contributed by atoms with Gasteiger partial charge in [0, 0.05) is 5.92 Å². The summed E-state index contributed by atoms with van der Waals surface area (Å²) in [5, 5.41) is 9.33. The molecule has 1 N–H and O–H groups in total. The number of hydrogen-bond acceptors (Lipinski definition) is 3. The molecule has 1 saturated carbocycles. The monoisotopic (exact) mass is 262 g/mol. The summed E-state index contributed by atoms with van der Waals surface area (Å²) < 4.78 is 11.4. The van der Waals surface area contributed by atoms with Crippen LogP contribution in [-0.4, -0.2) is 24.6 Å². The molecule has 3 nitrogen and oxygen atoms in total. The zero-order chi connectivity index (χ0) is 13.1.